The van der Waals surface area contributed by atoms with E-state index in [1.54, 1.807) is 75.3 Å². The van der Waals surface area contributed by atoms with Gasteiger partial charge < -0.3 is 27.4 Å². The molecule has 4 aromatic heterocycles. The highest BCUT2D eigenvalue weighted by Crippen LogP contribution is 2.38. The number of halogens is 2. The third kappa shape index (κ3) is 10.8. The number of furan rings is 2. The van der Waals surface area contributed by atoms with Gasteiger partial charge in [0.05, 0.1) is 48.3 Å². The van der Waals surface area contributed by atoms with Gasteiger partial charge in [-0.2, -0.15) is 0 Å². The van der Waals surface area contributed by atoms with Gasteiger partial charge >= 0.3 is 0 Å². The van der Waals surface area contributed by atoms with Crippen LogP contribution in [-0.2, 0) is 53.5 Å². The Bertz CT molecular complexity index is 2330. The molecule has 8 rings (SSSR count). The highest BCUT2D eigenvalue weighted by atomic mass is 35.5. The number of methoxy groups -OCH3 is 2. The summed E-state index contributed by atoms with van der Waals surface area (Å²) in [5.74, 6) is 2.74. The molecule has 0 amide bonds. The molecule has 2 aliphatic carbocycles. The molecule has 0 aliphatic heterocycles. The van der Waals surface area contributed by atoms with Crippen molar-refractivity contribution >= 4 is 42.9 Å². The van der Waals surface area contributed by atoms with Gasteiger partial charge in [0.1, 0.15) is 23.2 Å². The Morgan fingerprint density at radius 2 is 1.00 bits per heavy atom. The van der Waals surface area contributed by atoms with Crippen LogP contribution in [0.2, 0.25) is 10.0 Å². The minimum absolute atomic E-state index is 0.00904. The van der Waals surface area contributed by atoms with Gasteiger partial charge in [-0.25, -0.2) is 16.8 Å². The van der Waals surface area contributed by atoms with E-state index >= 15 is 0 Å². The van der Waals surface area contributed by atoms with Crippen molar-refractivity contribution in [2.45, 2.75) is 87.2 Å². The summed E-state index contributed by atoms with van der Waals surface area (Å²) in [6.45, 7) is 0. The van der Waals surface area contributed by atoms with Crippen molar-refractivity contribution in [2.75, 3.05) is 25.7 Å². The van der Waals surface area contributed by atoms with Gasteiger partial charge in [0.25, 0.3) is 0 Å². The lowest BCUT2D eigenvalue weighted by atomic mass is 10.2. The molecule has 18 heteroatoms. The molecule has 0 saturated heterocycles. The van der Waals surface area contributed by atoms with Crippen LogP contribution in [0.3, 0.4) is 0 Å². The molecule has 0 spiro atoms. The molecule has 0 N–H and O–H groups in total. The minimum atomic E-state index is -3.40. The Morgan fingerprint density at radius 1 is 0.600 bits per heavy atom. The van der Waals surface area contributed by atoms with Crippen molar-refractivity contribution < 1.29 is 35.1 Å². The molecule has 2 saturated carbocycles. The first-order valence-electron chi connectivity index (χ1n) is 19.8. The third-order valence-electron chi connectivity index (χ3n) is 11.0. The van der Waals surface area contributed by atoms with Gasteiger partial charge in [-0.3, -0.25) is 0 Å². The molecular weight excluding hydrogens is 852 g/mol. The molecule has 0 radical (unpaired) electrons. The first-order valence-corrected chi connectivity index (χ1v) is 24.2. The number of benzene rings is 2. The number of hydrogen-bond donors (Lipinski definition) is 0. The van der Waals surface area contributed by atoms with Crippen LogP contribution in [0, 0.1) is 0 Å². The monoisotopic (exact) mass is 898 g/mol. The molecule has 6 aromatic rings. The van der Waals surface area contributed by atoms with Crippen LogP contribution in [0.4, 0.5) is 0 Å². The minimum Gasteiger partial charge on any atom is -0.461 e. The standard InChI is InChI=1S/2C21H24ClN3O4S/c2*1-28-18-5-2-4-17(18)25-20(23-24-21(25)19-6-3-12-29-19)14-30(26,27)13-11-15-7-9-16(22)10-8-15/h2*3,6-10,12,17-18H,2,4-5,11,13-14H2,1H3/t2*17-,18-/m10/s1. The van der Waals surface area contributed by atoms with Crippen LogP contribution in [0.15, 0.2) is 94.2 Å². The van der Waals surface area contributed by atoms with Crippen molar-refractivity contribution in [3.8, 4) is 23.2 Å². The molecule has 0 bridgehead atoms. The Balaban J connectivity index is 0.000000181. The van der Waals surface area contributed by atoms with Gasteiger partial charge in [-0.15, -0.1) is 20.4 Å². The summed E-state index contributed by atoms with van der Waals surface area (Å²) >= 11 is 11.8. The molecule has 60 heavy (non-hydrogen) atoms. The number of ether oxygens (including phenoxy) is 2. The van der Waals surface area contributed by atoms with E-state index in [1.807, 2.05) is 33.4 Å². The Kier molecular flexibility index (Phi) is 14.3. The number of rotatable bonds is 16. The molecule has 14 nitrogen and oxygen atoms in total. The zero-order valence-corrected chi connectivity index (χ0v) is 36.5. The summed E-state index contributed by atoms with van der Waals surface area (Å²) in [6, 6.07) is 21.6. The molecule has 2 aliphatic rings. The summed E-state index contributed by atoms with van der Waals surface area (Å²) in [4.78, 5) is 0. The Morgan fingerprint density at radius 3 is 1.35 bits per heavy atom. The highest BCUT2D eigenvalue weighted by Gasteiger charge is 2.36. The zero-order valence-electron chi connectivity index (χ0n) is 33.4. The molecule has 0 unspecified atom stereocenters. The Hall–Kier alpha value is -4.32. The fourth-order valence-electron chi connectivity index (χ4n) is 8.03. The zero-order chi connectivity index (χ0) is 42.3. The molecule has 4 heterocycles. The second-order valence-corrected chi connectivity index (χ2v) is 20.3. The van der Waals surface area contributed by atoms with Gasteiger partial charge in [0, 0.05) is 24.3 Å². The van der Waals surface area contributed by atoms with E-state index in [0.717, 1.165) is 49.7 Å². The maximum atomic E-state index is 12.9. The second kappa shape index (κ2) is 19.6. The van der Waals surface area contributed by atoms with Crippen molar-refractivity contribution in [1.29, 1.82) is 0 Å². The molecular formula is C42H48Cl2N6O8S2. The van der Waals surface area contributed by atoms with Crippen LogP contribution in [0.5, 0.6) is 0 Å². The fraction of sp³-hybridized carbons (Fsp3) is 0.429. The second-order valence-electron chi connectivity index (χ2n) is 15.1. The highest BCUT2D eigenvalue weighted by molar-refractivity contribution is 7.90. The quantitative estimate of drug-likeness (QED) is 0.0913. The van der Waals surface area contributed by atoms with Crippen LogP contribution >= 0.6 is 23.2 Å². The van der Waals surface area contributed by atoms with Gasteiger partial charge in [-0.05, 0) is 111 Å². The smallest absolute Gasteiger partial charge is 0.200 e. The lowest BCUT2D eigenvalue weighted by Gasteiger charge is -2.22. The van der Waals surface area contributed by atoms with E-state index in [2.05, 4.69) is 20.4 Å². The average Bonchev–Trinajstić information content (AvgIpc) is 4.09. The van der Waals surface area contributed by atoms with E-state index < -0.39 is 19.7 Å². The van der Waals surface area contributed by atoms with Crippen LogP contribution < -0.4 is 0 Å². The fourth-order valence-corrected chi connectivity index (χ4v) is 10.8. The number of aromatic nitrogens is 6. The number of sulfone groups is 2. The van der Waals surface area contributed by atoms with Gasteiger partial charge in [0.15, 0.2) is 42.8 Å². The summed E-state index contributed by atoms with van der Waals surface area (Å²) in [7, 11) is -3.44. The van der Waals surface area contributed by atoms with Crippen LogP contribution in [0.1, 0.15) is 73.4 Å². The molecule has 2 aromatic carbocycles. The molecule has 320 valence electrons. The average molecular weight is 900 g/mol. The van der Waals surface area contributed by atoms with Crippen molar-refractivity contribution in [2.24, 2.45) is 0 Å². The van der Waals surface area contributed by atoms with Crippen LogP contribution in [-0.4, -0.2) is 84.3 Å². The maximum absolute atomic E-state index is 12.9. The van der Waals surface area contributed by atoms with Gasteiger partial charge in [-0.1, -0.05) is 47.5 Å². The molecule has 4 atom stereocenters. The lowest BCUT2D eigenvalue weighted by Crippen LogP contribution is -2.24. The van der Waals surface area contributed by atoms with E-state index in [0.29, 0.717) is 57.7 Å². The van der Waals surface area contributed by atoms with Crippen molar-refractivity contribution in [3.05, 3.63) is 118 Å². The predicted octanol–water partition coefficient (Wildman–Crippen LogP) is 8.18. The third-order valence-corrected chi connectivity index (χ3v) is 14.6. The van der Waals surface area contributed by atoms with E-state index in [9.17, 15) is 16.8 Å². The summed E-state index contributed by atoms with van der Waals surface area (Å²) in [5, 5.41) is 18.3. The summed E-state index contributed by atoms with van der Waals surface area (Å²) < 4.78 is 77.7. The first kappa shape index (κ1) is 43.8. The van der Waals surface area contributed by atoms with E-state index in [-0.39, 0.29) is 47.3 Å². The summed E-state index contributed by atoms with van der Waals surface area (Å²) in [5.41, 5.74) is 1.85. The first-order chi connectivity index (χ1) is 28.9. The van der Waals surface area contributed by atoms with E-state index in [4.69, 9.17) is 41.5 Å². The van der Waals surface area contributed by atoms with Crippen molar-refractivity contribution in [3.63, 3.8) is 0 Å². The van der Waals surface area contributed by atoms with Gasteiger partial charge in [0.2, 0.25) is 0 Å². The molecule has 2 fully saturated rings. The van der Waals surface area contributed by atoms with Crippen molar-refractivity contribution in [1.82, 2.24) is 29.5 Å². The SMILES string of the molecule is CO[C@@H]1CCC[C@H]1n1c(CS(=O)(=O)CCc2ccc(Cl)cc2)nnc1-c1ccco1.CO[C@H]1CCC[C@@H]1n1c(CS(=O)(=O)CCc2ccc(Cl)cc2)nnc1-c1ccco1. The predicted molar refractivity (Wildman–Crippen MR) is 228 cm³/mol. The number of nitrogens with zero attached hydrogens (tertiary/aromatic N) is 6. The topological polar surface area (TPSA) is 174 Å². The number of aryl methyl sites for hydroxylation is 2. The summed E-state index contributed by atoms with van der Waals surface area (Å²) in [6.07, 6.45) is 9.55. The van der Waals surface area contributed by atoms with Crippen LogP contribution in [0.25, 0.3) is 23.2 Å². The largest absolute Gasteiger partial charge is 0.461 e. The lowest BCUT2D eigenvalue weighted by molar-refractivity contribution is 0.0744. The Labute approximate surface area is 360 Å². The maximum Gasteiger partial charge on any atom is 0.200 e. The van der Waals surface area contributed by atoms with E-state index in [1.165, 1.54) is 0 Å². The normalized spacial score (nSPS) is 19.4. The number of hydrogen-bond acceptors (Lipinski definition) is 12.